The van der Waals surface area contributed by atoms with Crippen molar-refractivity contribution in [3.63, 3.8) is 0 Å². The first-order valence-corrected chi connectivity index (χ1v) is 17.2. The van der Waals surface area contributed by atoms with Gasteiger partial charge in [-0.15, -0.1) is 0 Å². The number of rotatable bonds is 11. The lowest BCUT2D eigenvalue weighted by atomic mass is 10.1. The minimum Gasteiger partial charge on any atom is -0.477 e. The van der Waals surface area contributed by atoms with Crippen LogP contribution >= 0.6 is 11.8 Å². The van der Waals surface area contributed by atoms with Gasteiger partial charge in [-0.2, -0.15) is 13.2 Å². The predicted molar refractivity (Wildman–Crippen MR) is 186 cm³/mol. The van der Waals surface area contributed by atoms with E-state index in [4.69, 9.17) is 9.47 Å². The highest BCUT2D eigenvalue weighted by Gasteiger charge is 2.33. The van der Waals surface area contributed by atoms with Gasteiger partial charge in [-0.05, 0) is 73.1 Å². The van der Waals surface area contributed by atoms with Crippen molar-refractivity contribution in [3.05, 3.63) is 84.4 Å². The summed E-state index contributed by atoms with van der Waals surface area (Å²) in [5, 5.41) is 4.64. The van der Waals surface area contributed by atoms with E-state index in [0.29, 0.717) is 30.2 Å². The third-order valence-corrected chi connectivity index (χ3v) is 9.85. The summed E-state index contributed by atoms with van der Waals surface area (Å²) in [4.78, 5) is 33.1. The van der Waals surface area contributed by atoms with Crippen molar-refractivity contribution in [2.45, 2.75) is 42.3 Å². The van der Waals surface area contributed by atoms with Gasteiger partial charge in [0.1, 0.15) is 12.4 Å². The van der Waals surface area contributed by atoms with Crippen LogP contribution in [0.2, 0.25) is 0 Å². The third kappa shape index (κ3) is 8.49. The average Bonchev–Trinajstić information content (AvgIpc) is 3.08. The maximum atomic E-state index is 13.6. The molecule has 1 unspecified atom stereocenters. The summed E-state index contributed by atoms with van der Waals surface area (Å²) in [6, 6.07) is 23.2. The van der Waals surface area contributed by atoms with Crippen LogP contribution in [0.1, 0.15) is 25.8 Å². The van der Waals surface area contributed by atoms with Crippen LogP contribution in [0.3, 0.4) is 0 Å². The van der Waals surface area contributed by atoms with Crippen molar-refractivity contribution in [1.82, 2.24) is 9.80 Å². The summed E-state index contributed by atoms with van der Waals surface area (Å²) in [6.07, 6.45) is -4.48. The molecule has 0 aliphatic carbocycles. The number of carbonyl (C=O) groups is 2. The fraction of sp³-hybridized carbons (Fsp3) is 0.351. The molecule has 2 heterocycles. The van der Waals surface area contributed by atoms with Crippen LogP contribution in [0, 0.1) is 0 Å². The summed E-state index contributed by atoms with van der Waals surface area (Å²) in [6.45, 7) is 8.65. The standard InChI is InChI=1S/C37H39F3N4O4S/c1-25(48-33-23-28-9-4-3-8-27(28)22-30(33)41-26(2)45)36(46)47-21-20-43-18-16-42(17-19-43)14-7-15-44-31-10-5-6-11-34(31)49-35-13-12-29(24-32(35)44)37(38,39)40/h3-6,8-13,22-25H,7,14-21H2,1-2H3,(H,41,45). The molecule has 0 aromatic heterocycles. The molecule has 0 saturated carbocycles. The number of amides is 1. The van der Waals surface area contributed by atoms with E-state index in [1.807, 2.05) is 59.5 Å². The Hall–Kier alpha value is -4.26. The molecule has 0 radical (unpaired) electrons. The number of nitrogens with one attached hydrogen (secondary N) is 1. The number of alkyl halides is 3. The largest absolute Gasteiger partial charge is 0.477 e. The van der Waals surface area contributed by atoms with Crippen molar-refractivity contribution < 1.29 is 32.2 Å². The number of ether oxygens (including phenoxy) is 2. The van der Waals surface area contributed by atoms with Gasteiger partial charge in [0, 0.05) is 56.0 Å². The van der Waals surface area contributed by atoms with Gasteiger partial charge >= 0.3 is 12.1 Å². The Bertz CT molecular complexity index is 1810. The molecule has 1 saturated heterocycles. The van der Waals surface area contributed by atoms with E-state index in [1.165, 1.54) is 24.8 Å². The van der Waals surface area contributed by atoms with Crippen LogP contribution < -0.4 is 15.0 Å². The number of benzene rings is 4. The molecular weight excluding hydrogens is 653 g/mol. The molecule has 258 valence electrons. The van der Waals surface area contributed by atoms with Gasteiger partial charge in [0.25, 0.3) is 0 Å². The second-order valence-corrected chi connectivity index (χ2v) is 13.3. The Morgan fingerprint density at radius 3 is 2.20 bits per heavy atom. The number of esters is 1. The highest BCUT2D eigenvalue weighted by atomic mass is 32.2. The first kappa shape index (κ1) is 34.6. The van der Waals surface area contributed by atoms with E-state index in [9.17, 15) is 22.8 Å². The van der Waals surface area contributed by atoms with Crippen LogP contribution in [0.5, 0.6) is 5.75 Å². The second kappa shape index (κ2) is 15.1. The fourth-order valence-electron chi connectivity index (χ4n) is 6.17. The molecule has 12 heteroatoms. The number of hydrogen-bond acceptors (Lipinski definition) is 8. The highest BCUT2D eigenvalue weighted by Crippen LogP contribution is 2.49. The van der Waals surface area contributed by atoms with Gasteiger partial charge in [-0.1, -0.05) is 48.2 Å². The zero-order valence-electron chi connectivity index (χ0n) is 27.5. The van der Waals surface area contributed by atoms with E-state index >= 15 is 0 Å². The van der Waals surface area contributed by atoms with Crippen molar-refractivity contribution in [1.29, 1.82) is 0 Å². The number of para-hydroxylation sites is 1. The smallest absolute Gasteiger partial charge is 0.416 e. The topological polar surface area (TPSA) is 74.3 Å². The van der Waals surface area contributed by atoms with Crippen molar-refractivity contribution in [3.8, 4) is 5.75 Å². The number of fused-ring (bicyclic) bond motifs is 3. The van der Waals surface area contributed by atoms with E-state index < -0.39 is 23.8 Å². The Kier molecular flexibility index (Phi) is 10.7. The predicted octanol–water partition coefficient (Wildman–Crippen LogP) is 7.44. The zero-order chi connectivity index (χ0) is 34.5. The summed E-state index contributed by atoms with van der Waals surface area (Å²) in [5.41, 5.74) is 1.39. The number of anilines is 3. The Morgan fingerprint density at radius 1 is 0.837 bits per heavy atom. The SMILES string of the molecule is CC(=O)Nc1cc2ccccc2cc1OC(C)C(=O)OCCN1CCN(CCCN2c3ccccc3Sc3ccc(C(F)(F)F)cc32)CC1. The molecule has 2 aliphatic heterocycles. The summed E-state index contributed by atoms with van der Waals surface area (Å²) >= 11 is 1.50. The van der Waals surface area contributed by atoms with E-state index in [1.54, 1.807) is 19.1 Å². The molecule has 4 aromatic carbocycles. The molecule has 8 nitrogen and oxygen atoms in total. The molecule has 49 heavy (non-hydrogen) atoms. The van der Waals surface area contributed by atoms with Gasteiger partial charge in [-0.3, -0.25) is 9.69 Å². The Morgan fingerprint density at radius 2 is 1.49 bits per heavy atom. The monoisotopic (exact) mass is 692 g/mol. The highest BCUT2D eigenvalue weighted by molar-refractivity contribution is 7.99. The van der Waals surface area contributed by atoms with Crippen molar-refractivity contribution >= 4 is 51.5 Å². The number of hydrogen-bond donors (Lipinski definition) is 1. The van der Waals surface area contributed by atoms with E-state index in [0.717, 1.165) is 71.5 Å². The average molecular weight is 693 g/mol. The maximum absolute atomic E-state index is 13.6. The summed E-state index contributed by atoms with van der Waals surface area (Å²) in [5.74, 6) is -0.327. The molecule has 0 bridgehead atoms. The molecule has 4 aromatic rings. The number of piperazine rings is 1. The van der Waals surface area contributed by atoms with Gasteiger partial charge in [0.15, 0.2) is 6.10 Å². The minimum absolute atomic E-state index is 0.231. The first-order valence-electron chi connectivity index (χ1n) is 16.4. The van der Waals surface area contributed by atoms with E-state index in [-0.39, 0.29) is 12.5 Å². The Labute approximate surface area is 288 Å². The normalized spacial score (nSPS) is 15.7. The lowest BCUT2D eigenvalue weighted by Gasteiger charge is -2.36. The Balaban J connectivity index is 0.956. The third-order valence-electron chi connectivity index (χ3n) is 8.72. The number of nitrogens with zero attached hydrogens (tertiary/aromatic N) is 3. The van der Waals surface area contributed by atoms with Crippen LogP contribution in [0.15, 0.2) is 88.7 Å². The molecule has 6 rings (SSSR count). The molecule has 0 spiro atoms. The van der Waals surface area contributed by atoms with Crippen molar-refractivity contribution in [2.75, 3.05) is 62.6 Å². The zero-order valence-corrected chi connectivity index (χ0v) is 28.3. The molecular formula is C37H39F3N4O4S. The molecule has 1 atom stereocenters. The van der Waals surface area contributed by atoms with Gasteiger partial charge < -0.3 is 24.6 Å². The van der Waals surface area contributed by atoms with Crippen LogP contribution in [-0.2, 0) is 20.5 Å². The minimum atomic E-state index is -4.40. The molecule has 1 fully saturated rings. The molecule has 1 N–H and O–H groups in total. The van der Waals surface area contributed by atoms with Crippen LogP contribution in [-0.4, -0.2) is 80.2 Å². The van der Waals surface area contributed by atoms with Crippen LogP contribution in [0.4, 0.5) is 30.2 Å². The van der Waals surface area contributed by atoms with Gasteiger partial charge in [0.2, 0.25) is 5.91 Å². The van der Waals surface area contributed by atoms with Gasteiger partial charge in [0.05, 0.1) is 22.6 Å². The lowest BCUT2D eigenvalue weighted by molar-refractivity contribution is -0.151. The lowest BCUT2D eigenvalue weighted by Crippen LogP contribution is -2.48. The summed E-state index contributed by atoms with van der Waals surface area (Å²) < 4.78 is 52.2. The molecule has 1 amide bonds. The number of halogens is 3. The van der Waals surface area contributed by atoms with Gasteiger partial charge in [-0.25, -0.2) is 4.79 Å². The van der Waals surface area contributed by atoms with E-state index in [2.05, 4.69) is 15.1 Å². The maximum Gasteiger partial charge on any atom is 0.416 e. The quantitative estimate of drug-likeness (QED) is 0.163. The second-order valence-electron chi connectivity index (χ2n) is 12.2. The first-order chi connectivity index (χ1) is 23.5. The molecule has 2 aliphatic rings. The fourth-order valence-corrected chi connectivity index (χ4v) is 7.25. The number of carbonyl (C=O) groups excluding carboxylic acids is 2. The van der Waals surface area contributed by atoms with Crippen molar-refractivity contribution in [2.24, 2.45) is 0 Å². The summed E-state index contributed by atoms with van der Waals surface area (Å²) in [7, 11) is 0. The van der Waals surface area contributed by atoms with Crippen LogP contribution in [0.25, 0.3) is 10.8 Å².